The Morgan fingerprint density at radius 3 is 2.44 bits per heavy atom. The van der Waals surface area contributed by atoms with E-state index >= 15 is 0 Å². The second-order valence-electron chi connectivity index (χ2n) is 7.44. The highest BCUT2D eigenvalue weighted by Crippen LogP contribution is 2.28. The van der Waals surface area contributed by atoms with Crippen LogP contribution in [0.25, 0.3) is 0 Å². The number of carbonyl (C=O) groups is 2. The zero-order valence-electron chi connectivity index (χ0n) is 17.9. The molecule has 2 aromatic carbocycles. The largest absolute Gasteiger partial charge is 0.449 e. The Bertz CT molecular complexity index is 1100. The molecule has 1 saturated heterocycles. The van der Waals surface area contributed by atoms with Crippen LogP contribution in [0.2, 0.25) is 5.02 Å². The van der Waals surface area contributed by atoms with Crippen molar-refractivity contribution in [3.63, 3.8) is 0 Å². The summed E-state index contributed by atoms with van der Waals surface area (Å²) in [6.07, 6.45) is 1.50. The third kappa shape index (κ3) is 5.40. The molecular weight excluding hydrogens is 454 g/mol. The van der Waals surface area contributed by atoms with Gasteiger partial charge in [0.15, 0.2) is 6.10 Å². The van der Waals surface area contributed by atoms with Gasteiger partial charge >= 0.3 is 5.97 Å². The van der Waals surface area contributed by atoms with Crippen LogP contribution in [-0.2, 0) is 19.6 Å². The van der Waals surface area contributed by atoms with Crippen molar-refractivity contribution in [2.24, 2.45) is 0 Å². The fourth-order valence-corrected chi connectivity index (χ4v) is 5.11. The second kappa shape index (κ2) is 10.3. The number of hydrogen-bond donors (Lipinski definition) is 2. The summed E-state index contributed by atoms with van der Waals surface area (Å²) in [5.74, 6) is -1.29. The number of piperidine rings is 1. The van der Waals surface area contributed by atoms with E-state index in [9.17, 15) is 18.0 Å². The number of nitrogens with zero attached hydrogens (tertiary/aromatic N) is 1. The van der Waals surface area contributed by atoms with Crippen molar-refractivity contribution in [2.45, 2.75) is 37.2 Å². The third-order valence-corrected chi connectivity index (χ3v) is 7.44. The van der Waals surface area contributed by atoms with Gasteiger partial charge in [0.05, 0.1) is 21.2 Å². The summed E-state index contributed by atoms with van der Waals surface area (Å²) in [7, 11) is -2.01. The number of rotatable bonds is 7. The monoisotopic (exact) mass is 479 g/mol. The van der Waals surface area contributed by atoms with Gasteiger partial charge in [-0.25, -0.2) is 13.2 Å². The molecular formula is C22H26ClN3O5S. The van der Waals surface area contributed by atoms with Crippen LogP contribution in [0.15, 0.2) is 47.4 Å². The molecule has 0 aromatic heterocycles. The van der Waals surface area contributed by atoms with Crippen LogP contribution < -0.4 is 10.6 Å². The predicted molar refractivity (Wildman–Crippen MR) is 124 cm³/mol. The Morgan fingerprint density at radius 1 is 1.06 bits per heavy atom. The molecule has 0 radical (unpaired) electrons. The first-order chi connectivity index (χ1) is 15.2. The Kier molecular flexibility index (Phi) is 7.76. The van der Waals surface area contributed by atoms with Crippen molar-refractivity contribution in [1.82, 2.24) is 4.31 Å². The number of halogens is 1. The predicted octanol–water partition coefficient (Wildman–Crippen LogP) is 3.74. The van der Waals surface area contributed by atoms with Crippen LogP contribution >= 0.6 is 11.6 Å². The van der Waals surface area contributed by atoms with Crippen LogP contribution in [-0.4, -0.2) is 50.8 Å². The SMILES string of the molecule is CNc1ccccc1C(=O)OC(C)C(=O)Nc1cc(S(=O)(=O)N2CCCCC2)ccc1Cl. The van der Waals surface area contributed by atoms with Gasteiger partial charge in [-0.1, -0.05) is 30.2 Å². The maximum absolute atomic E-state index is 12.9. The van der Waals surface area contributed by atoms with E-state index in [2.05, 4.69) is 10.6 Å². The highest BCUT2D eigenvalue weighted by molar-refractivity contribution is 7.89. The van der Waals surface area contributed by atoms with Gasteiger partial charge in [-0.05, 0) is 50.1 Å². The van der Waals surface area contributed by atoms with E-state index in [1.165, 1.54) is 29.4 Å². The minimum Gasteiger partial charge on any atom is -0.449 e. The topological polar surface area (TPSA) is 105 Å². The third-order valence-electron chi connectivity index (χ3n) is 5.22. The van der Waals surface area contributed by atoms with E-state index in [0.29, 0.717) is 24.3 Å². The highest BCUT2D eigenvalue weighted by Gasteiger charge is 2.27. The molecule has 2 N–H and O–H groups in total. The first kappa shape index (κ1) is 24.0. The lowest BCUT2D eigenvalue weighted by atomic mass is 10.2. The summed E-state index contributed by atoms with van der Waals surface area (Å²) < 4.78 is 32.6. The first-order valence-corrected chi connectivity index (χ1v) is 12.1. The van der Waals surface area contributed by atoms with Gasteiger partial charge in [0.1, 0.15) is 0 Å². The van der Waals surface area contributed by atoms with Gasteiger partial charge in [-0.15, -0.1) is 0 Å². The quantitative estimate of drug-likeness (QED) is 0.586. The van der Waals surface area contributed by atoms with E-state index < -0.39 is 28.0 Å². The zero-order valence-corrected chi connectivity index (χ0v) is 19.5. The molecule has 1 unspecified atom stereocenters. The van der Waals surface area contributed by atoms with Crippen molar-refractivity contribution >= 4 is 44.9 Å². The average Bonchev–Trinajstić information content (AvgIpc) is 2.80. The average molecular weight is 480 g/mol. The number of carbonyl (C=O) groups excluding carboxylic acids is 2. The summed E-state index contributed by atoms with van der Waals surface area (Å²) >= 11 is 6.18. The molecule has 3 rings (SSSR count). The summed E-state index contributed by atoms with van der Waals surface area (Å²) in [5, 5.41) is 5.63. The zero-order chi connectivity index (χ0) is 23.3. The van der Waals surface area contributed by atoms with Gasteiger partial charge in [0.2, 0.25) is 10.0 Å². The van der Waals surface area contributed by atoms with Crippen LogP contribution in [0.4, 0.5) is 11.4 Å². The number of nitrogens with one attached hydrogen (secondary N) is 2. The van der Waals surface area contributed by atoms with Gasteiger partial charge in [-0.2, -0.15) is 4.31 Å². The van der Waals surface area contributed by atoms with Crippen LogP contribution in [0.3, 0.4) is 0 Å². The van der Waals surface area contributed by atoms with Crippen molar-refractivity contribution in [2.75, 3.05) is 30.8 Å². The summed E-state index contributed by atoms with van der Waals surface area (Å²) in [6.45, 7) is 2.36. The Balaban J connectivity index is 1.73. The molecule has 0 saturated carbocycles. The molecule has 32 heavy (non-hydrogen) atoms. The van der Waals surface area contributed by atoms with Crippen LogP contribution in [0, 0.1) is 0 Å². The Hall–Kier alpha value is -2.62. The normalized spacial score (nSPS) is 15.6. The number of anilines is 2. The van der Waals surface area contributed by atoms with Crippen LogP contribution in [0.1, 0.15) is 36.5 Å². The number of esters is 1. The molecule has 172 valence electrons. The Labute approximate surface area is 192 Å². The fraction of sp³-hybridized carbons (Fsp3) is 0.364. The molecule has 1 heterocycles. The highest BCUT2D eigenvalue weighted by atomic mass is 35.5. The van der Waals surface area contributed by atoms with Gasteiger partial charge < -0.3 is 15.4 Å². The van der Waals surface area contributed by atoms with E-state index in [1.807, 2.05) is 0 Å². The standard InChI is InChI=1S/C22H26ClN3O5S/c1-15(31-22(28)17-8-4-5-9-19(17)24-2)21(27)25-20-14-16(10-11-18(20)23)32(29,30)26-12-6-3-7-13-26/h4-5,8-11,14-15,24H,3,6-7,12-13H2,1-2H3,(H,25,27). The van der Waals surface area contributed by atoms with Crippen molar-refractivity contribution < 1.29 is 22.7 Å². The molecule has 2 aromatic rings. The van der Waals surface area contributed by atoms with Crippen LogP contribution in [0.5, 0.6) is 0 Å². The van der Waals surface area contributed by atoms with E-state index in [1.54, 1.807) is 31.3 Å². The number of amides is 1. The van der Waals surface area contributed by atoms with E-state index in [0.717, 1.165) is 19.3 Å². The lowest BCUT2D eigenvalue weighted by Crippen LogP contribution is -2.35. The summed E-state index contributed by atoms with van der Waals surface area (Å²) in [6, 6.07) is 10.9. The lowest BCUT2D eigenvalue weighted by molar-refractivity contribution is -0.123. The minimum absolute atomic E-state index is 0.0479. The molecule has 10 heteroatoms. The number of sulfonamides is 1. The van der Waals surface area contributed by atoms with E-state index in [-0.39, 0.29) is 15.6 Å². The molecule has 0 aliphatic carbocycles. The Morgan fingerprint density at radius 2 is 1.75 bits per heavy atom. The maximum atomic E-state index is 12.9. The van der Waals surface area contributed by atoms with Gasteiger partial charge in [0.25, 0.3) is 5.91 Å². The molecule has 0 spiro atoms. The van der Waals surface area contributed by atoms with Gasteiger partial charge in [0, 0.05) is 25.8 Å². The van der Waals surface area contributed by atoms with Crippen molar-refractivity contribution in [3.8, 4) is 0 Å². The number of benzene rings is 2. The number of para-hydroxylation sites is 1. The van der Waals surface area contributed by atoms with Gasteiger partial charge in [-0.3, -0.25) is 4.79 Å². The first-order valence-electron chi connectivity index (χ1n) is 10.3. The van der Waals surface area contributed by atoms with E-state index in [4.69, 9.17) is 16.3 Å². The van der Waals surface area contributed by atoms with Crippen molar-refractivity contribution in [3.05, 3.63) is 53.1 Å². The molecule has 8 nitrogen and oxygen atoms in total. The fourth-order valence-electron chi connectivity index (χ4n) is 3.41. The summed E-state index contributed by atoms with van der Waals surface area (Å²) in [4.78, 5) is 25.1. The smallest absolute Gasteiger partial charge is 0.341 e. The molecule has 0 bridgehead atoms. The second-order valence-corrected chi connectivity index (χ2v) is 9.78. The summed E-state index contributed by atoms with van der Waals surface area (Å²) in [5.41, 5.74) is 0.999. The maximum Gasteiger partial charge on any atom is 0.341 e. The molecule has 1 amide bonds. The minimum atomic E-state index is -3.69. The van der Waals surface area contributed by atoms with Crippen molar-refractivity contribution in [1.29, 1.82) is 0 Å². The number of ether oxygens (including phenoxy) is 1. The lowest BCUT2D eigenvalue weighted by Gasteiger charge is -2.26. The number of hydrogen-bond acceptors (Lipinski definition) is 6. The molecule has 1 aliphatic heterocycles. The molecule has 1 aliphatic rings. The molecule has 1 fully saturated rings. The molecule has 1 atom stereocenters.